The molecule has 0 unspecified atom stereocenters. The minimum Gasteiger partial charge on any atom is -0.286 e. The normalized spacial score (nSPS) is 10.8. The van der Waals surface area contributed by atoms with Gasteiger partial charge in [0.1, 0.15) is 0 Å². The van der Waals surface area contributed by atoms with E-state index >= 15 is 0 Å². The molecule has 0 aliphatic rings. The summed E-state index contributed by atoms with van der Waals surface area (Å²) in [5, 5.41) is 0. The Morgan fingerprint density at radius 3 is 1.75 bits per heavy atom. The Hall–Kier alpha value is -0.300. The molecule has 76 valence electrons. The first-order valence-electron chi connectivity index (χ1n) is 3.17. The van der Waals surface area contributed by atoms with Crippen molar-refractivity contribution in [3.05, 3.63) is 0 Å². The highest BCUT2D eigenvalue weighted by molar-refractivity contribution is 7.85. The van der Waals surface area contributed by atoms with Crippen molar-refractivity contribution in [2.24, 2.45) is 0 Å². The Kier molecular flexibility index (Phi) is 8.73. The van der Waals surface area contributed by atoms with E-state index in [1.165, 1.54) is 0 Å². The standard InChI is InChI=1S/C4H10O3S.CHF3/c1-2-3-4-8(5,6)7;2-1(3)4/h2-4H2,1H3,(H,5,6,7);1H. The van der Waals surface area contributed by atoms with Crippen molar-refractivity contribution in [1.82, 2.24) is 0 Å². The van der Waals surface area contributed by atoms with Crippen molar-refractivity contribution < 1.29 is 26.1 Å². The van der Waals surface area contributed by atoms with Crippen molar-refractivity contribution >= 4 is 10.1 Å². The van der Waals surface area contributed by atoms with Gasteiger partial charge in [-0.15, -0.1) is 0 Å². The van der Waals surface area contributed by atoms with E-state index in [1.807, 2.05) is 6.92 Å². The molecule has 1 N–H and O–H groups in total. The van der Waals surface area contributed by atoms with Gasteiger partial charge in [0.2, 0.25) is 0 Å². The van der Waals surface area contributed by atoms with Gasteiger partial charge >= 0.3 is 6.68 Å². The Labute approximate surface area is 69.3 Å². The van der Waals surface area contributed by atoms with Crippen LogP contribution in [0.5, 0.6) is 0 Å². The summed E-state index contributed by atoms with van der Waals surface area (Å²) < 4.78 is 57.0. The van der Waals surface area contributed by atoms with Crippen molar-refractivity contribution in [3.8, 4) is 0 Å². The molecule has 0 aromatic carbocycles. The van der Waals surface area contributed by atoms with Crippen molar-refractivity contribution in [2.45, 2.75) is 26.4 Å². The summed E-state index contributed by atoms with van der Waals surface area (Å²) in [6, 6.07) is 0. The fourth-order valence-corrected chi connectivity index (χ4v) is 0.980. The molecule has 0 bridgehead atoms. The lowest BCUT2D eigenvalue weighted by Gasteiger charge is -1.90. The highest BCUT2D eigenvalue weighted by atomic mass is 32.2. The predicted octanol–water partition coefficient (Wildman–Crippen LogP) is 1.85. The van der Waals surface area contributed by atoms with Gasteiger partial charge in [-0.25, -0.2) is 0 Å². The Balaban J connectivity index is 0. The van der Waals surface area contributed by atoms with E-state index in [9.17, 15) is 21.6 Å². The first-order valence-corrected chi connectivity index (χ1v) is 4.78. The number of hydrogen-bond acceptors (Lipinski definition) is 2. The van der Waals surface area contributed by atoms with E-state index in [4.69, 9.17) is 4.55 Å². The number of hydrogen-bond donors (Lipinski definition) is 1. The quantitative estimate of drug-likeness (QED) is 0.720. The number of unbranched alkanes of at least 4 members (excludes halogenated alkanes) is 1. The molecular formula is C5H11F3O3S. The Morgan fingerprint density at radius 2 is 1.67 bits per heavy atom. The van der Waals surface area contributed by atoms with Gasteiger partial charge in [0.25, 0.3) is 10.1 Å². The summed E-state index contributed by atoms with van der Waals surface area (Å²) >= 11 is 0. The summed E-state index contributed by atoms with van der Waals surface area (Å²) in [4.78, 5) is 0. The lowest BCUT2D eigenvalue weighted by molar-refractivity contribution is 0.00819. The lowest BCUT2D eigenvalue weighted by Crippen LogP contribution is -2.02. The molecule has 0 aromatic rings. The van der Waals surface area contributed by atoms with E-state index in [0.29, 0.717) is 6.42 Å². The van der Waals surface area contributed by atoms with Gasteiger partial charge in [-0.05, 0) is 6.42 Å². The molecule has 0 atom stereocenters. The van der Waals surface area contributed by atoms with Gasteiger partial charge in [-0.1, -0.05) is 13.3 Å². The molecular weight excluding hydrogens is 197 g/mol. The van der Waals surface area contributed by atoms with Crippen LogP contribution in [0.1, 0.15) is 19.8 Å². The summed E-state index contributed by atoms with van der Waals surface area (Å²) in [6.45, 7) is -1.80. The number of alkyl halides is 3. The van der Waals surface area contributed by atoms with Gasteiger partial charge in [-0.3, -0.25) is 4.55 Å². The van der Waals surface area contributed by atoms with Crippen LogP contribution in [0.3, 0.4) is 0 Å². The smallest absolute Gasteiger partial charge is 0.286 e. The molecule has 12 heavy (non-hydrogen) atoms. The molecule has 0 amide bonds. The van der Waals surface area contributed by atoms with Gasteiger partial charge in [0, 0.05) is 0 Å². The average molecular weight is 208 g/mol. The zero-order chi connectivity index (χ0) is 10.2. The molecule has 0 heterocycles. The zero-order valence-electron chi connectivity index (χ0n) is 6.50. The first kappa shape index (κ1) is 14.2. The summed E-state index contributed by atoms with van der Waals surface area (Å²) in [6.07, 6.45) is 1.33. The second-order valence-electron chi connectivity index (χ2n) is 1.89. The van der Waals surface area contributed by atoms with Crippen molar-refractivity contribution in [1.29, 1.82) is 0 Å². The van der Waals surface area contributed by atoms with E-state index in [-0.39, 0.29) is 5.75 Å². The molecule has 0 aliphatic heterocycles. The largest absolute Gasteiger partial charge is 0.379 e. The van der Waals surface area contributed by atoms with E-state index in [0.717, 1.165) is 6.42 Å². The first-order chi connectivity index (χ1) is 5.29. The maximum Gasteiger partial charge on any atom is 0.379 e. The van der Waals surface area contributed by atoms with E-state index < -0.39 is 16.8 Å². The van der Waals surface area contributed by atoms with Gasteiger partial charge in [-0.2, -0.15) is 21.6 Å². The highest BCUT2D eigenvalue weighted by Gasteiger charge is 2.00. The fourth-order valence-electron chi connectivity index (χ4n) is 0.327. The third-order valence-corrected chi connectivity index (χ3v) is 1.56. The van der Waals surface area contributed by atoms with Gasteiger partial charge in [0.15, 0.2) is 0 Å². The van der Waals surface area contributed by atoms with Crippen molar-refractivity contribution in [3.63, 3.8) is 0 Å². The maximum absolute atomic E-state index is 9.95. The monoisotopic (exact) mass is 208 g/mol. The van der Waals surface area contributed by atoms with Crippen LogP contribution in [0.25, 0.3) is 0 Å². The van der Waals surface area contributed by atoms with E-state index in [1.54, 1.807) is 0 Å². The number of halogens is 3. The van der Waals surface area contributed by atoms with Gasteiger partial charge in [0.05, 0.1) is 5.75 Å². The Bertz CT molecular complexity index is 176. The minimum absolute atomic E-state index is 0.108. The van der Waals surface area contributed by atoms with E-state index in [2.05, 4.69) is 0 Å². The van der Waals surface area contributed by atoms with Crippen LogP contribution >= 0.6 is 0 Å². The third-order valence-electron chi connectivity index (χ3n) is 0.756. The summed E-state index contributed by atoms with van der Waals surface area (Å²) in [5.41, 5.74) is 0. The van der Waals surface area contributed by atoms with Crippen LogP contribution in [0.15, 0.2) is 0 Å². The predicted molar refractivity (Wildman–Crippen MR) is 38.4 cm³/mol. The number of rotatable bonds is 3. The maximum atomic E-state index is 9.95. The molecule has 0 saturated carbocycles. The molecule has 7 heteroatoms. The SMILES string of the molecule is CCCCS(=O)(=O)O.FC(F)F. The van der Waals surface area contributed by atoms with Crippen LogP contribution in [0, 0.1) is 0 Å². The molecule has 3 nitrogen and oxygen atoms in total. The summed E-state index contributed by atoms with van der Waals surface area (Å²) in [5.74, 6) is -0.108. The lowest BCUT2D eigenvalue weighted by atomic mass is 10.4. The Morgan fingerprint density at radius 1 is 1.33 bits per heavy atom. The molecule has 0 aromatic heterocycles. The average Bonchev–Trinajstić information content (AvgIpc) is 1.80. The molecule has 0 rings (SSSR count). The molecule has 0 radical (unpaired) electrons. The second kappa shape index (κ2) is 7.35. The summed E-state index contributed by atoms with van der Waals surface area (Å²) in [7, 11) is -3.69. The van der Waals surface area contributed by atoms with Crippen LogP contribution in [0.4, 0.5) is 13.2 Å². The molecule has 0 aliphatic carbocycles. The van der Waals surface area contributed by atoms with Crippen LogP contribution in [-0.4, -0.2) is 25.4 Å². The zero-order valence-corrected chi connectivity index (χ0v) is 7.32. The van der Waals surface area contributed by atoms with Crippen molar-refractivity contribution in [2.75, 3.05) is 5.75 Å². The van der Waals surface area contributed by atoms with Crippen LogP contribution in [-0.2, 0) is 10.1 Å². The molecule has 0 saturated heterocycles. The fraction of sp³-hybridized carbons (Fsp3) is 1.00. The van der Waals surface area contributed by atoms with Crippen LogP contribution < -0.4 is 0 Å². The highest BCUT2D eigenvalue weighted by Crippen LogP contribution is 1.90. The molecule has 0 spiro atoms. The van der Waals surface area contributed by atoms with Gasteiger partial charge < -0.3 is 0 Å². The minimum atomic E-state index is -3.69. The molecule has 0 fully saturated rings. The topological polar surface area (TPSA) is 54.4 Å². The van der Waals surface area contributed by atoms with Crippen LogP contribution in [0.2, 0.25) is 0 Å². The third kappa shape index (κ3) is 33.2. The second-order valence-corrected chi connectivity index (χ2v) is 3.46.